The van der Waals surface area contributed by atoms with E-state index in [2.05, 4.69) is 4.40 Å². The maximum Gasteiger partial charge on any atom is 0.349 e. The van der Waals surface area contributed by atoms with Gasteiger partial charge in [0.25, 0.3) is 15.9 Å². The summed E-state index contributed by atoms with van der Waals surface area (Å²) < 4.78 is 26.1. The number of sulfonamides is 1. The summed E-state index contributed by atoms with van der Waals surface area (Å²) in [6.45, 7) is 2.29. The Bertz CT molecular complexity index is 584. The van der Waals surface area contributed by atoms with Gasteiger partial charge in [-0.15, -0.1) is 0 Å². The molecule has 19 heavy (non-hydrogen) atoms. The van der Waals surface area contributed by atoms with Gasteiger partial charge in [0, 0.05) is 26.2 Å². The predicted octanol–water partition coefficient (Wildman–Crippen LogP) is -1.49. The van der Waals surface area contributed by atoms with Gasteiger partial charge < -0.3 is 14.9 Å². The molecule has 0 aromatic rings. The summed E-state index contributed by atoms with van der Waals surface area (Å²) in [5, 5.41) is 8.74. The minimum Gasteiger partial charge on any atom is -0.477 e. The number of likely N-dealkylation sites (N-methyl/N-ethyl adjacent to an activating group) is 1. The molecule has 0 atom stereocenters. The Kier molecular flexibility index (Phi) is 3.42. The zero-order valence-electron chi connectivity index (χ0n) is 10.2. The lowest BCUT2D eigenvalue weighted by molar-refractivity contribution is -0.131. The lowest BCUT2D eigenvalue weighted by atomic mass is 10.2. The summed E-state index contributed by atoms with van der Waals surface area (Å²) in [6, 6.07) is 0. The normalized spacial score (nSPS) is 22.9. The van der Waals surface area contributed by atoms with Crippen LogP contribution in [0.4, 0.5) is 0 Å². The molecule has 2 heterocycles. The molecule has 1 fully saturated rings. The highest BCUT2D eigenvalue weighted by molar-refractivity contribution is 7.95. The van der Waals surface area contributed by atoms with Gasteiger partial charge in [-0.3, -0.25) is 4.79 Å². The summed E-state index contributed by atoms with van der Waals surface area (Å²) in [6.07, 6.45) is 0.818. The molecule has 2 aliphatic rings. The Morgan fingerprint density at radius 1 is 1.26 bits per heavy atom. The van der Waals surface area contributed by atoms with Crippen molar-refractivity contribution >= 4 is 27.6 Å². The van der Waals surface area contributed by atoms with Crippen molar-refractivity contribution < 1.29 is 23.1 Å². The molecule has 1 saturated heterocycles. The Hall–Kier alpha value is -1.74. The Balaban J connectivity index is 2.20. The van der Waals surface area contributed by atoms with Gasteiger partial charge in [-0.25, -0.2) is 4.79 Å². The lowest BCUT2D eigenvalue weighted by Crippen LogP contribution is -2.48. The summed E-state index contributed by atoms with van der Waals surface area (Å²) in [5.74, 6) is -2.15. The fraction of sp³-hybridized carbons (Fsp3) is 0.500. The van der Waals surface area contributed by atoms with E-state index in [-0.39, 0.29) is 5.71 Å². The van der Waals surface area contributed by atoms with E-state index in [1.54, 1.807) is 0 Å². The van der Waals surface area contributed by atoms with Gasteiger partial charge in [-0.2, -0.15) is 12.8 Å². The summed E-state index contributed by atoms with van der Waals surface area (Å²) in [7, 11) is -2.32. The molecule has 9 heteroatoms. The highest BCUT2D eigenvalue weighted by Gasteiger charge is 2.34. The highest BCUT2D eigenvalue weighted by Crippen LogP contribution is 2.18. The number of hydrogen-bond acceptors (Lipinski definition) is 5. The van der Waals surface area contributed by atoms with Crippen LogP contribution >= 0.6 is 0 Å². The van der Waals surface area contributed by atoms with Crippen LogP contribution < -0.4 is 0 Å². The van der Waals surface area contributed by atoms with Gasteiger partial charge in [0.15, 0.2) is 4.91 Å². The van der Waals surface area contributed by atoms with Crippen LogP contribution in [-0.2, 0) is 19.6 Å². The zero-order valence-corrected chi connectivity index (χ0v) is 11.1. The Morgan fingerprint density at radius 2 is 1.84 bits per heavy atom. The molecule has 2 rings (SSSR count). The molecule has 1 amide bonds. The molecule has 8 nitrogen and oxygen atoms in total. The quantitative estimate of drug-likeness (QED) is 0.663. The Morgan fingerprint density at radius 3 is 2.32 bits per heavy atom. The third-order valence-corrected chi connectivity index (χ3v) is 4.27. The van der Waals surface area contributed by atoms with Crippen LogP contribution in [0.15, 0.2) is 15.4 Å². The molecule has 0 aromatic carbocycles. The van der Waals surface area contributed by atoms with E-state index in [1.807, 2.05) is 11.9 Å². The SMILES string of the molecule is CN1CCN(C(=O)C2=NS(=O)(=O)C(C(=O)O)=C2)CC1. The standard InChI is InChI=1S/C10H13N3O5S/c1-12-2-4-13(5-3-12)9(14)7-6-8(10(15)16)19(17,18)11-7/h6H,2-5H2,1H3,(H,15,16). The second-order valence-corrected chi connectivity index (χ2v) is 5.93. The summed E-state index contributed by atoms with van der Waals surface area (Å²) in [5.41, 5.74) is -0.332. The van der Waals surface area contributed by atoms with Crippen molar-refractivity contribution in [3.05, 3.63) is 11.0 Å². The van der Waals surface area contributed by atoms with E-state index in [0.717, 1.165) is 6.08 Å². The molecule has 104 valence electrons. The maximum absolute atomic E-state index is 12.0. The van der Waals surface area contributed by atoms with Crippen molar-refractivity contribution in [2.75, 3.05) is 33.2 Å². The predicted molar refractivity (Wildman–Crippen MR) is 66.2 cm³/mol. The monoisotopic (exact) mass is 287 g/mol. The number of amides is 1. The molecule has 0 saturated carbocycles. The van der Waals surface area contributed by atoms with E-state index in [4.69, 9.17) is 5.11 Å². The van der Waals surface area contributed by atoms with Crippen molar-refractivity contribution in [2.45, 2.75) is 0 Å². The molecule has 0 aliphatic carbocycles. The average molecular weight is 287 g/mol. The molecule has 0 unspecified atom stereocenters. The molecule has 0 radical (unpaired) electrons. The van der Waals surface area contributed by atoms with Gasteiger partial charge in [-0.05, 0) is 13.1 Å². The van der Waals surface area contributed by atoms with Crippen LogP contribution in [-0.4, -0.2) is 74.1 Å². The highest BCUT2D eigenvalue weighted by atomic mass is 32.2. The van der Waals surface area contributed by atoms with Gasteiger partial charge >= 0.3 is 5.97 Å². The first-order valence-corrected chi connectivity index (χ1v) is 7.03. The van der Waals surface area contributed by atoms with Gasteiger partial charge in [0.05, 0.1) is 0 Å². The van der Waals surface area contributed by atoms with E-state index in [0.29, 0.717) is 26.2 Å². The molecule has 2 aliphatic heterocycles. The fourth-order valence-electron chi connectivity index (χ4n) is 1.85. The number of piperazine rings is 1. The smallest absolute Gasteiger partial charge is 0.349 e. The fourth-order valence-corrected chi connectivity index (χ4v) is 2.82. The van der Waals surface area contributed by atoms with Crippen molar-refractivity contribution in [3.63, 3.8) is 0 Å². The van der Waals surface area contributed by atoms with Crippen LogP contribution in [0, 0.1) is 0 Å². The topological polar surface area (TPSA) is 107 Å². The first-order valence-electron chi connectivity index (χ1n) is 5.59. The lowest BCUT2D eigenvalue weighted by Gasteiger charge is -2.32. The largest absolute Gasteiger partial charge is 0.477 e. The van der Waals surface area contributed by atoms with Crippen LogP contribution in [0.1, 0.15) is 0 Å². The second-order valence-electron chi connectivity index (χ2n) is 4.36. The first-order chi connectivity index (χ1) is 8.81. The van der Waals surface area contributed by atoms with Gasteiger partial charge in [-0.1, -0.05) is 0 Å². The summed E-state index contributed by atoms with van der Waals surface area (Å²) >= 11 is 0. The summed E-state index contributed by atoms with van der Waals surface area (Å²) in [4.78, 5) is 25.4. The third kappa shape index (κ3) is 2.66. The number of hydrogen-bond donors (Lipinski definition) is 1. The van der Waals surface area contributed by atoms with Crippen molar-refractivity contribution in [2.24, 2.45) is 4.40 Å². The van der Waals surface area contributed by atoms with Crippen LogP contribution in [0.5, 0.6) is 0 Å². The maximum atomic E-state index is 12.0. The number of carboxylic acid groups (broad SMARTS) is 1. The van der Waals surface area contributed by atoms with E-state index in [9.17, 15) is 18.0 Å². The number of rotatable bonds is 2. The average Bonchev–Trinajstić information content (AvgIpc) is 2.65. The Labute approximate surface area is 110 Å². The van der Waals surface area contributed by atoms with E-state index >= 15 is 0 Å². The number of carboxylic acids is 1. The second kappa shape index (κ2) is 4.74. The van der Waals surface area contributed by atoms with E-state index < -0.39 is 26.8 Å². The third-order valence-electron chi connectivity index (χ3n) is 2.98. The van der Waals surface area contributed by atoms with Gasteiger partial charge in [0.1, 0.15) is 5.71 Å². The first kappa shape index (κ1) is 13.7. The van der Waals surface area contributed by atoms with Crippen LogP contribution in [0.25, 0.3) is 0 Å². The molecular weight excluding hydrogens is 274 g/mol. The molecule has 0 aromatic heterocycles. The number of carbonyl (C=O) groups excluding carboxylic acids is 1. The van der Waals surface area contributed by atoms with Crippen LogP contribution in [0.2, 0.25) is 0 Å². The minimum atomic E-state index is -4.24. The molecule has 0 spiro atoms. The number of nitrogens with zero attached hydrogens (tertiary/aromatic N) is 3. The number of carbonyl (C=O) groups is 2. The molecular formula is C10H13N3O5S. The molecule has 0 bridgehead atoms. The zero-order chi connectivity index (χ0) is 14.2. The number of aliphatic carboxylic acids is 1. The van der Waals surface area contributed by atoms with Crippen molar-refractivity contribution in [1.29, 1.82) is 0 Å². The minimum absolute atomic E-state index is 0.332. The molecule has 1 N–H and O–H groups in total. The van der Waals surface area contributed by atoms with E-state index in [1.165, 1.54) is 4.90 Å². The van der Waals surface area contributed by atoms with Crippen LogP contribution in [0.3, 0.4) is 0 Å². The van der Waals surface area contributed by atoms with Crippen molar-refractivity contribution in [3.8, 4) is 0 Å². The van der Waals surface area contributed by atoms with Crippen molar-refractivity contribution in [1.82, 2.24) is 9.80 Å². The van der Waals surface area contributed by atoms with Gasteiger partial charge in [0.2, 0.25) is 0 Å².